The van der Waals surface area contributed by atoms with Gasteiger partial charge in [-0.05, 0) is 12.8 Å². The lowest BCUT2D eigenvalue weighted by Crippen LogP contribution is -2.55. The number of piperidine rings is 1. The third-order valence-electron chi connectivity index (χ3n) is 3.07. The number of hydrogen-bond acceptors (Lipinski definition) is 4. The molecule has 0 saturated carbocycles. The largest absolute Gasteiger partial charge is 0.460 e. The lowest BCUT2D eigenvalue weighted by molar-refractivity contribution is -0.166. The van der Waals surface area contributed by atoms with Crippen LogP contribution in [0.3, 0.4) is 0 Å². The number of rotatable bonds is 1. The smallest absolute Gasteiger partial charge is 0.302 e. The molecule has 0 aromatic carbocycles. The zero-order chi connectivity index (χ0) is 11.0. The third-order valence-corrected chi connectivity index (χ3v) is 3.07. The fourth-order valence-corrected chi connectivity index (χ4v) is 2.46. The van der Waals surface area contributed by atoms with Crippen LogP contribution in [0.5, 0.6) is 0 Å². The Bertz CT molecular complexity index is 291. The summed E-state index contributed by atoms with van der Waals surface area (Å²) in [7, 11) is 0. The quantitative estimate of drug-likeness (QED) is 0.606. The number of carbonyl (C=O) groups is 2. The van der Waals surface area contributed by atoms with Crippen molar-refractivity contribution in [3.05, 3.63) is 0 Å². The average molecular weight is 213 g/mol. The topological polar surface area (TPSA) is 66.8 Å². The van der Waals surface area contributed by atoms with Gasteiger partial charge in [0.15, 0.2) is 0 Å². The molecule has 84 valence electrons. The zero-order valence-corrected chi connectivity index (χ0v) is 8.68. The first kappa shape index (κ1) is 10.4. The van der Waals surface area contributed by atoms with Gasteiger partial charge >= 0.3 is 5.97 Å². The minimum absolute atomic E-state index is 0.0233. The van der Waals surface area contributed by atoms with Gasteiger partial charge in [0.25, 0.3) is 5.91 Å². The molecule has 1 N–H and O–H groups in total. The summed E-state index contributed by atoms with van der Waals surface area (Å²) < 4.78 is 5.13. The van der Waals surface area contributed by atoms with Crippen LogP contribution in [0, 0.1) is 0 Å². The second-order valence-electron chi connectivity index (χ2n) is 4.14. The van der Waals surface area contributed by atoms with Crippen molar-refractivity contribution in [2.75, 3.05) is 6.54 Å². The average Bonchev–Trinajstić information content (AvgIpc) is 2.61. The summed E-state index contributed by atoms with van der Waals surface area (Å²) in [6.07, 6.45) is 0.665. The minimum Gasteiger partial charge on any atom is -0.460 e. The Hall–Kier alpha value is -1.10. The highest BCUT2D eigenvalue weighted by molar-refractivity contribution is 5.82. The SMILES string of the molecule is CC(=O)O[C@H]1C[C@@H](O)C(=O)N2CCC[C@H]12. The molecule has 2 saturated heterocycles. The summed E-state index contributed by atoms with van der Waals surface area (Å²) in [4.78, 5) is 24.1. The van der Waals surface area contributed by atoms with Crippen molar-refractivity contribution in [1.82, 2.24) is 4.90 Å². The molecule has 0 aliphatic carbocycles. The van der Waals surface area contributed by atoms with Gasteiger partial charge in [0.2, 0.25) is 0 Å². The predicted octanol–water partition coefficient (Wildman–Crippen LogP) is -0.326. The van der Waals surface area contributed by atoms with Crippen molar-refractivity contribution >= 4 is 11.9 Å². The molecule has 5 heteroatoms. The van der Waals surface area contributed by atoms with E-state index in [9.17, 15) is 14.7 Å². The van der Waals surface area contributed by atoms with Gasteiger partial charge in [-0.2, -0.15) is 0 Å². The normalized spacial score (nSPS) is 35.2. The molecule has 0 radical (unpaired) electrons. The van der Waals surface area contributed by atoms with Crippen LogP contribution < -0.4 is 0 Å². The number of ether oxygens (including phenoxy) is 1. The number of amides is 1. The first-order chi connectivity index (χ1) is 7.09. The van der Waals surface area contributed by atoms with Crippen molar-refractivity contribution in [2.24, 2.45) is 0 Å². The van der Waals surface area contributed by atoms with Crippen LogP contribution in [-0.2, 0) is 14.3 Å². The van der Waals surface area contributed by atoms with Crippen LogP contribution in [0.15, 0.2) is 0 Å². The molecule has 2 heterocycles. The third kappa shape index (κ3) is 1.84. The number of carbonyl (C=O) groups excluding carboxylic acids is 2. The van der Waals surface area contributed by atoms with Crippen molar-refractivity contribution in [3.63, 3.8) is 0 Å². The molecular weight excluding hydrogens is 198 g/mol. The van der Waals surface area contributed by atoms with Crippen LogP contribution in [0.25, 0.3) is 0 Å². The predicted molar refractivity (Wildman–Crippen MR) is 50.9 cm³/mol. The summed E-state index contributed by atoms with van der Waals surface area (Å²) in [5.41, 5.74) is 0. The minimum atomic E-state index is -1.01. The van der Waals surface area contributed by atoms with Gasteiger partial charge in [-0.25, -0.2) is 0 Å². The van der Waals surface area contributed by atoms with Gasteiger partial charge in [-0.1, -0.05) is 0 Å². The van der Waals surface area contributed by atoms with E-state index in [4.69, 9.17) is 4.74 Å². The van der Waals surface area contributed by atoms with Crippen LogP contribution in [-0.4, -0.2) is 46.7 Å². The second kappa shape index (κ2) is 3.81. The first-order valence-corrected chi connectivity index (χ1v) is 5.25. The fourth-order valence-electron chi connectivity index (χ4n) is 2.46. The fraction of sp³-hybridized carbons (Fsp3) is 0.800. The van der Waals surface area contributed by atoms with Gasteiger partial charge in [0.1, 0.15) is 12.2 Å². The Kier molecular flexibility index (Phi) is 2.65. The van der Waals surface area contributed by atoms with Gasteiger partial charge in [-0.3, -0.25) is 9.59 Å². The summed E-state index contributed by atoms with van der Waals surface area (Å²) in [6.45, 7) is 2.01. The highest BCUT2D eigenvalue weighted by atomic mass is 16.5. The van der Waals surface area contributed by atoms with Gasteiger partial charge < -0.3 is 14.7 Å². The number of aliphatic hydroxyl groups is 1. The summed E-state index contributed by atoms with van der Waals surface area (Å²) in [5.74, 6) is -0.575. The van der Waals surface area contributed by atoms with E-state index in [-0.39, 0.29) is 30.4 Å². The first-order valence-electron chi connectivity index (χ1n) is 5.25. The Morgan fingerprint density at radius 3 is 3.00 bits per heavy atom. The summed E-state index contributed by atoms with van der Waals surface area (Å²) in [5, 5.41) is 9.53. The maximum absolute atomic E-state index is 11.6. The molecule has 0 bridgehead atoms. The van der Waals surface area contributed by atoms with Gasteiger partial charge in [0.05, 0.1) is 6.04 Å². The number of esters is 1. The molecule has 0 aromatic rings. The van der Waals surface area contributed by atoms with E-state index in [2.05, 4.69) is 0 Å². The molecular formula is C10H15NO4. The van der Waals surface area contributed by atoms with E-state index in [1.165, 1.54) is 6.92 Å². The maximum atomic E-state index is 11.6. The molecule has 0 aromatic heterocycles. The molecule has 5 nitrogen and oxygen atoms in total. The summed E-state index contributed by atoms with van der Waals surface area (Å²) in [6, 6.07) is -0.0233. The van der Waals surface area contributed by atoms with E-state index in [0.29, 0.717) is 6.54 Å². The molecule has 2 aliphatic rings. The van der Waals surface area contributed by atoms with Crippen molar-refractivity contribution in [3.8, 4) is 0 Å². The van der Waals surface area contributed by atoms with Crippen molar-refractivity contribution in [1.29, 1.82) is 0 Å². The van der Waals surface area contributed by atoms with E-state index in [1.807, 2.05) is 0 Å². The molecule has 0 spiro atoms. The molecule has 0 unspecified atom stereocenters. The maximum Gasteiger partial charge on any atom is 0.302 e. The number of aliphatic hydroxyl groups excluding tert-OH is 1. The van der Waals surface area contributed by atoms with E-state index < -0.39 is 6.10 Å². The zero-order valence-electron chi connectivity index (χ0n) is 8.68. The molecule has 1 amide bonds. The van der Waals surface area contributed by atoms with Gasteiger partial charge in [-0.15, -0.1) is 0 Å². The lowest BCUT2D eigenvalue weighted by Gasteiger charge is -2.37. The van der Waals surface area contributed by atoms with Crippen LogP contribution in [0.1, 0.15) is 26.2 Å². The Morgan fingerprint density at radius 1 is 1.60 bits per heavy atom. The van der Waals surface area contributed by atoms with Crippen molar-refractivity contribution < 1.29 is 19.4 Å². The van der Waals surface area contributed by atoms with E-state index >= 15 is 0 Å². The number of nitrogens with zero attached hydrogens (tertiary/aromatic N) is 1. The van der Waals surface area contributed by atoms with Crippen LogP contribution >= 0.6 is 0 Å². The second-order valence-corrected chi connectivity index (χ2v) is 4.14. The Balaban J connectivity index is 2.12. The van der Waals surface area contributed by atoms with Gasteiger partial charge in [0, 0.05) is 19.9 Å². The Labute approximate surface area is 88.0 Å². The number of fused-ring (bicyclic) bond motifs is 1. The highest BCUT2D eigenvalue weighted by Gasteiger charge is 2.44. The van der Waals surface area contributed by atoms with Crippen molar-refractivity contribution in [2.45, 2.75) is 44.4 Å². The van der Waals surface area contributed by atoms with E-state index in [1.54, 1.807) is 4.90 Å². The Morgan fingerprint density at radius 2 is 2.33 bits per heavy atom. The van der Waals surface area contributed by atoms with Crippen LogP contribution in [0.4, 0.5) is 0 Å². The molecule has 3 atom stereocenters. The molecule has 2 rings (SSSR count). The standard InChI is InChI=1S/C10H15NO4/c1-6(12)15-9-5-8(13)10(14)11-4-2-3-7(9)11/h7-9,13H,2-5H2,1H3/t7-,8-,9+/m1/s1. The molecule has 2 aliphatic heterocycles. The lowest BCUT2D eigenvalue weighted by atomic mass is 9.96. The van der Waals surface area contributed by atoms with Crippen LogP contribution in [0.2, 0.25) is 0 Å². The molecule has 2 fully saturated rings. The van der Waals surface area contributed by atoms with E-state index in [0.717, 1.165) is 12.8 Å². The summed E-state index contributed by atoms with van der Waals surface area (Å²) >= 11 is 0. The monoisotopic (exact) mass is 213 g/mol. The highest BCUT2D eigenvalue weighted by Crippen LogP contribution is 2.30. The molecule has 15 heavy (non-hydrogen) atoms. The number of hydrogen-bond donors (Lipinski definition) is 1.